The second-order valence-electron chi connectivity index (χ2n) is 7.58. The number of aromatic hydroxyl groups is 1. The van der Waals surface area contributed by atoms with Crippen molar-refractivity contribution in [2.75, 3.05) is 0 Å². The van der Waals surface area contributed by atoms with E-state index in [0.29, 0.717) is 12.1 Å². The third-order valence-electron chi connectivity index (χ3n) is 5.25. The third-order valence-corrected chi connectivity index (χ3v) is 5.25. The molecule has 30 heavy (non-hydrogen) atoms. The van der Waals surface area contributed by atoms with Crippen molar-refractivity contribution in [1.29, 1.82) is 0 Å². The van der Waals surface area contributed by atoms with Crippen LogP contribution in [0.4, 0.5) is 0 Å². The minimum Gasteiger partial charge on any atom is -0.508 e. The molecule has 6 nitrogen and oxygen atoms in total. The number of rotatable bonds is 8. The van der Waals surface area contributed by atoms with Crippen molar-refractivity contribution in [3.05, 3.63) is 76.3 Å². The predicted molar refractivity (Wildman–Crippen MR) is 117 cm³/mol. The molecular formula is C24H25N3O3. The summed E-state index contributed by atoms with van der Waals surface area (Å²) in [6, 6.07) is 14.7. The van der Waals surface area contributed by atoms with Crippen molar-refractivity contribution < 1.29 is 9.52 Å². The Morgan fingerprint density at radius 3 is 2.67 bits per heavy atom. The molecule has 1 N–H and O–H groups in total. The van der Waals surface area contributed by atoms with E-state index in [1.54, 1.807) is 16.8 Å². The molecule has 4 aromatic rings. The molecule has 0 saturated heterocycles. The van der Waals surface area contributed by atoms with E-state index in [1.165, 1.54) is 43.4 Å². The highest BCUT2D eigenvalue weighted by molar-refractivity contribution is 5.81. The van der Waals surface area contributed by atoms with Gasteiger partial charge in [-0.1, -0.05) is 55.7 Å². The molecule has 2 heterocycles. The molecule has 154 valence electrons. The predicted octanol–water partition coefficient (Wildman–Crippen LogP) is 4.93. The first-order chi connectivity index (χ1) is 14.6. The van der Waals surface area contributed by atoms with E-state index < -0.39 is 5.63 Å². The van der Waals surface area contributed by atoms with Gasteiger partial charge in [0.15, 0.2) is 0 Å². The van der Waals surface area contributed by atoms with Crippen molar-refractivity contribution >= 4 is 11.0 Å². The Hall–Kier alpha value is -3.41. The molecule has 0 unspecified atom stereocenters. The van der Waals surface area contributed by atoms with Crippen LogP contribution in [-0.4, -0.2) is 20.1 Å². The van der Waals surface area contributed by atoms with E-state index in [1.807, 2.05) is 6.20 Å². The molecule has 0 aliphatic rings. The summed E-state index contributed by atoms with van der Waals surface area (Å²) in [5.41, 5.74) is 3.80. The normalized spacial score (nSPS) is 11.2. The summed E-state index contributed by atoms with van der Waals surface area (Å²) in [5, 5.41) is 18.9. The molecule has 6 heteroatoms. The average Bonchev–Trinajstić information content (AvgIpc) is 3.20. The van der Waals surface area contributed by atoms with Crippen LogP contribution in [0.15, 0.2) is 63.9 Å². The lowest BCUT2D eigenvalue weighted by molar-refractivity contribution is 0.473. The fourth-order valence-corrected chi connectivity index (χ4v) is 3.63. The van der Waals surface area contributed by atoms with Crippen molar-refractivity contribution in [3.8, 4) is 17.0 Å². The van der Waals surface area contributed by atoms with E-state index in [0.717, 1.165) is 28.6 Å². The first-order valence-electron chi connectivity index (χ1n) is 10.4. The Balaban J connectivity index is 1.50. The van der Waals surface area contributed by atoms with Crippen LogP contribution in [0.25, 0.3) is 22.2 Å². The number of unbranched alkanes of at least 4 members (excludes halogenated alkanes) is 3. The molecule has 2 aromatic heterocycles. The van der Waals surface area contributed by atoms with Crippen molar-refractivity contribution in [2.45, 2.75) is 45.6 Å². The molecule has 0 aliphatic carbocycles. The monoisotopic (exact) mass is 403 g/mol. The van der Waals surface area contributed by atoms with Gasteiger partial charge in [-0.3, -0.25) is 0 Å². The van der Waals surface area contributed by atoms with E-state index in [2.05, 4.69) is 41.5 Å². The van der Waals surface area contributed by atoms with E-state index in [-0.39, 0.29) is 5.75 Å². The highest BCUT2D eigenvalue weighted by Crippen LogP contribution is 2.23. The van der Waals surface area contributed by atoms with Crippen LogP contribution in [0.3, 0.4) is 0 Å². The van der Waals surface area contributed by atoms with Crippen LogP contribution >= 0.6 is 0 Å². The Morgan fingerprint density at radius 2 is 1.87 bits per heavy atom. The number of hydrogen-bond acceptors (Lipinski definition) is 5. The third kappa shape index (κ3) is 4.59. The van der Waals surface area contributed by atoms with Gasteiger partial charge in [-0.15, -0.1) is 5.10 Å². The van der Waals surface area contributed by atoms with Gasteiger partial charge in [-0.25, -0.2) is 9.48 Å². The van der Waals surface area contributed by atoms with Gasteiger partial charge in [0.05, 0.1) is 12.7 Å². The van der Waals surface area contributed by atoms with Gasteiger partial charge in [0.2, 0.25) is 0 Å². The second-order valence-corrected chi connectivity index (χ2v) is 7.58. The van der Waals surface area contributed by atoms with Gasteiger partial charge < -0.3 is 9.52 Å². The van der Waals surface area contributed by atoms with E-state index in [9.17, 15) is 9.90 Å². The summed E-state index contributed by atoms with van der Waals surface area (Å²) in [6.07, 6.45) is 8.02. The van der Waals surface area contributed by atoms with Gasteiger partial charge in [0, 0.05) is 23.1 Å². The topological polar surface area (TPSA) is 81.2 Å². The Bertz CT molecular complexity index is 1190. The number of phenolic OH excluding ortho intramolecular Hbond substituents is 1. The molecule has 0 bridgehead atoms. The van der Waals surface area contributed by atoms with Gasteiger partial charge in [0.25, 0.3) is 0 Å². The van der Waals surface area contributed by atoms with Gasteiger partial charge in [-0.2, -0.15) is 0 Å². The fraction of sp³-hybridized carbons (Fsp3) is 0.292. The van der Waals surface area contributed by atoms with Crippen LogP contribution < -0.4 is 5.63 Å². The van der Waals surface area contributed by atoms with Crippen LogP contribution in [0, 0.1) is 0 Å². The summed E-state index contributed by atoms with van der Waals surface area (Å²) in [4.78, 5) is 11.9. The van der Waals surface area contributed by atoms with Gasteiger partial charge in [-0.05, 0) is 36.1 Å². The fourth-order valence-electron chi connectivity index (χ4n) is 3.63. The SMILES string of the molecule is CCCCCCc1ccc(-c2cn(Cc3cc(=O)oc4cc(O)ccc34)nn2)cc1. The Morgan fingerprint density at radius 1 is 1.03 bits per heavy atom. The molecule has 0 amide bonds. The zero-order valence-corrected chi connectivity index (χ0v) is 17.0. The molecule has 0 aliphatic heterocycles. The summed E-state index contributed by atoms with van der Waals surface area (Å²) in [7, 11) is 0. The number of fused-ring (bicyclic) bond motifs is 1. The maximum Gasteiger partial charge on any atom is 0.336 e. The molecule has 0 atom stereocenters. The molecule has 0 spiro atoms. The van der Waals surface area contributed by atoms with Crippen molar-refractivity contribution in [2.24, 2.45) is 0 Å². The number of aryl methyl sites for hydroxylation is 1. The minimum atomic E-state index is -0.460. The van der Waals surface area contributed by atoms with Crippen molar-refractivity contribution in [3.63, 3.8) is 0 Å². The van der Waals surface area contributed by atoms with Crippen LogP contribution in [0.5, 0.6) is 5.75 Å². The second kappa shape index (κ2) is 8.95. The van der Waals surface area contributed by atoms with Gasteiger partial charge >= 0.3 is 5.63 Å². The largest absolute Gasteiger partial charge is 0.508 e. The molecule has 0 radical (unpaired) electrons. The molecular weight excluding hydrogens is 378 g/mol. The van der Waals surface area contributed by atoms with Crippen molar-refractivity contribution in [1.82, 2.24) is 15.0 Å². The van der Waals surface area contributed by atoms with Gasteiger partial charge in [0.1, 0.15) is 17.0 Å². The maximum absolute atomic E-state index is 11.9. The number of aromatic nitrogens is 3. The Kier molecular flexibility index (Phi) is 5.93. The van der Waals surface area contributed by atoms with Crippen LogP contribution in [-0.2, 0) is 13.0 Å². The number of hydrogen-bond donors (Lipinski definition) is 1. The van der Waals surface area contributed by atoms with E-state index >= 15 is 0 Å². The zero-order chi connectivity index (χ0) is 20.9. The lowest BCUT2D eigenvalue weighted by Crippen LogP contribution is -2.06. The minimum absolute atomic E-state index is 0.0552. The number of benzene rings is 2. The molecule has 0 fully saturated rings. The highest BCUT2D eigenvalue weighted by atomic mass is 16.4. The molecule has 4 rings (SSSR count). The average molecular weight is 403 g/mol. The summed E-state index contributed by atoms with van der Waals surface area (Å²) >= 11 is 0. The standard InChI is InChI=1S/C24H25N3O3/c1-2-3-4-5-6-17-7-9-18(10-8-17)22-16-27(26-25-22)15-19-13-24(29)30-23-14-20(28)11-12-21(19)23/h7-14,16,28H,2-6,15H2,1H3. The summed E-state index contributed by atoms with van der Waals surface area (Å²) in [5.74, 6) is 0.0552. The van der Waals surface area contributed by atoms with Crippen LogP contribution in [0.2, 0.25) is 0 Å². The first-order valence-corrected chi connectivity index (χ1v) is 10.4. The number of nitrogens with zero attached hydrogens (tertiary/aromatic N) is 3. The quantitative estimate of drug-likeness (QED) is 0.333. The lowest BCUT2D eigenvalue weighted by Gasteiger charge is -2.05. The summed E-state index contributed by atoms with van der Waals surface area (Å²) in [6.45, 7) is 2.61. The molecule has 2 aromatic carbocycles. The lowest BCUT2D eigenvalue weighted by atomic mass is 10.0. The van der Waals surface area contributed by atoms with Crippen LogP contribution in [0.1, 0.15) is 43.7 Å². The maximum atomic E-state index is 11.9. The smallest absolute Gasteiger partial charge is 0.336 e. The Labute approximate surface area is 174 Å². The van der Waals surface area contributed by atoms with E-state index in [4.69, 9.17) is 4.42 Å². The zero-order valence-electron chi connectivity index (χ0n) is 17.0. The summed E-state index contributed by atoms with van der Waals surface area (Å²) < 4.78 is 6.89. The molecule has 0 saturated carbocycles. The first kappa shape index (κ1) is 19.9. The highest BCUT2D eigenvalue weighted by Gasteiger charge is 2.10. The number of phenols is 1.